The number of carbonyl (C=O) groups excluding carboxylic acids is 1. The molecule has 0 saturated carbocycles. The van der Waals surface area contributed by atoms with E-state index in [4.69, 9.17) is 4.99 Å². The van der Waals surface area contributed by atoms with E-state index in [9.17, 15) is 4.79 Å². The molecular weight excluding hydrogens is 346 g/mol. The van der Waals surface area contributed by atoms with Crippen molar-refractivity contribution < 1.29 is 4.79 Å². The van der Waals surface area contributed by atoms with Gasteiger partial charge in [-0.15, -0.1) is 0 Å². The molecule has 0 aromatic heterocycles. The van der Waals surface area contributed by atoms with E-state index in [0.29, 0.717) is 17.1 Å². The molecule has 0 aliphatic heterocycles. The van der Waals surface area contributed by atoms with Gasteiger partial charge in [-0.2, -0.15) is 0 Å². The standard InChI is InChI=1S/C24H19N3O/c28-22-17-16-21(25-18-10-4-1-5-11-18)23(26-19-12-6-2-7-13-19)24(22)27-20-14-8-3-9-15-20/h1-17,26-27H. The van der Waals surface area contributed by atoms with Crippen molar-refractivity contribution in [2.24, 2.45) is 4.99 Å². The third-order valence-electron chi connectivity index (χ3n) is 4.24. The van der Waals surface area contributed by atoms with Crippen LogP contribution in [0.1, 0.15) is 0 Å². The molecule has 0 spiro atoms. The molecule has 0 bridgehead atoms. The van der Waals surface area contributed by atoms with Gasteiger partial charge in [-0.1, -0.05) is 54.6 Å². The SMILES string of the molecule is O=C1C=CC(=Nc2ccccc2)C(Nc2ccccc2)=C1Nc1ccccc1. The van der Waals surface area contributed by atoms with E-state index in [0.717, 1.165) is 17.1 Å². The number of hydrogen-bond donors (Lipinski definition) is 2. The Bertz CT molecular complexity index is 1050. The lowest BCUT2D eigenvalue weighted by Gasteiger charge is -2.20. The number of nitrogens with zero attached hydrogens (tertiary/aromatic N) is 1. The molecule has 0 radical (unpaired) electrons. The monoisotopic (exact) mass is 365 g/mol. The van der Waals surface area contributed by atoms with E-state index in [2.05, 4.69) is 10.6 Å². The van der Waals surface area contributed by atoms with Crippen molar-refractivity contribution in [3.8, 4) is 0 Å². The number of carbonyl (C=O) groups is 1. The molecule has 4 rings (SSSR count). The fourth-order valence-electron chi connectivity index (χ4n) is 2.89. The lowest BCUT2D eigenvalue weighted by atomic mass is 10.0. The summed E-state index contributed by atoms with van der Waals surface area (Å²) in [6.45, 7) is 0. The third-order valence-corrected chi connectivity index (χ3v) is 4.24. The lowest BCUT2D eigenvalue weighted by Crippen LogP contribution is -2.24. The van der Waals surface area contributed by atoms with Gasteiger partial charge >= 0.3 is 0 Å². The molecule has 28 heavy (non-hydrogen) atoms. The summed E-state index contributed by atoms with van der Waals surface area (Å²) in [7, 11) is 0. The van der Waals surface area contributed by atoms with E-state index in [1.807, 2.05) is 91.0 Å². The summed E-state index contributed by atoms with van der Waals surface area (Å²) in [5.74, 6) is -0.103. The van der Waals surface area contributed by atoms with Gasteiger partial charge in [0.2, 0.25) is 5.78 Å². The highest BCUT2D eigenvalue weighted by Crippen LogP contribution is 2.23. The first kappa shape index (κ1) is 17.5. The Kier molecular flexibility index (Phi) is 5.11. The maximum Gasteiger partial charge on any atom is 0.204 e. The van der Waals surface area contributed by atoms with Crippen LogP contribution >= 0.6 is 0 Å². The van der Waals surface area contributed by atoms with Crippen LogP contribution in [-0.4, -0.2) is 11.5 Å². The fourth-order valence-corrected chi connectivity index (χ4v) is 2.89. The van der Waals surface area contributed by atoms with Crippen LogP contribution in [0.3, 0.4) is 0 Å². The minimum atomic E-state index is -0.103. The Hall–Kier alpha value is -3.92. The molecule has 2 N–H and O–H groups in total. The topological polar surface area (TPSA) is 53.5 Å². The summed E-state index contributed by atoms with van der Waals surface area (Å²) in [4.78, 5) is 17.4. The number of anilines is 2. The fraction of sp³-hybridized carbons (Fsp3) is 0. The molecule has 0 unspecified atom stereocenters. The van der Waals surface area contributed by atoms with E-state index in [1.54, 1.807) is 12.2 Å². The van der Waals surface area contributed by atoms with Gasteiger partial charge in [0, 0.05) is 11.4 Å². The molecule has 0 amide bonds. The minimum Gasteiger partial charge on any atom is -0.352 e. The Morgan fingerprint density at radius 1 is 0.571 bits per heavy atom. The van der Waals surface area contributed by atoms with Crippen LogP contribution in [-0.2, 0) is 4.79 Å². The van der Waals surface area contributed by atoms with Gasteiger partial charge in [-0.3, -0.25) is 4.79 Å². The molecule has 1 aliphatic carbocycles. The predicted octanol–water partition coefficient (Wildman–Crippen LogP) is 5.33. The van der Waals surface area contributed by atoms with Crippen molar-refractivity contribution >= 4 is 28.6 Å². The van der Waals surface area contributed by atoms with Crippen molar-refractivity contribution in [2.45, 2.75) is 0 Å². The Balaban J connectivity index is 1.79. The average molecular weight is 365 g/mol. The normalized spacial score (nSPS) is 15.0. The van der Waals surface area contributed by atoms with Crippen LogP contribution in [0.15, 0.2) is 120 Å². The molecule has 0 atom stereocenters. The largest absolute Gasteiger partial charge is 0.352 e. The predicted molar refractivity (Wildman–Crippen MR) is 115 cm³/mol. The molecule has 1 aliphatic rings. The summed E-state index contributed by atoms with van der Waals surface area (Å²) in [5.41, 5.74) is 4.34. The first-order valence-corrected chi connectivity index (χ1v) is 9.04. The first-order valence-electron chi connectivity index (χ1n) is 9.04. The first-order chi connectivity index (χ1) is 13.8. The van der Waals surface area contributed by atoms with Gasteiger partial charge in [-0.25, -0.2) is 4.99 Å². The lowest BCUT2D eigenvalue weighted by molar-refractivity contribution is -0.111. The molecule has 3 aromatic carbocycles. The number of rotatable bonds is 5. The maximum atomic E-state index is 12.7. The number of nitrogens with one attached hydrogen (secondary N) is 2. The van der Waals surface area contributed by atoms with Crippen LogP contribution in [0, 0.1) is 0 Å². The molecule has 0 heterocycles. The molecule has 0 saturated heterocycles. The zero-order valence-electron chi connectivity index (χ0n) is 15.2. The number of allylic oxidation sites excluding steroid dienone is 2. The number of benzene rings is 3. The second kappa shape index (κ2) is 8.18. The van der Waals surface area contributed by atoms with Gasteiger partial charge < -0.3 is 10.6 Å². The van der Waals surface area contributed by atoms with Crippen molar-refractivity contribution in [1.29, 1.82) is 0 Å². The quantitative estimate of drug-likeness (QED) is 0.601. The summed E-state index contributed by atoms with van der Waals surface area (Å²) < 4.78 is 0. The van der Waals surface area contributed by atoms with Crippen molar-refractivity contribution in [3.05, 3.63) is 115 Å². The highest BCUT2D eigenvalue weighted by Gasteiger charge is 2.22. The number of para-hydroxylation sites is 3. The van der Waals surface area contributed by atoms with Gasteiger partial charge in [-0.05, 0) is 48.6 Å². The van der Waals surface area contributed by atoms with E-state index in [1.165, 1.54) is 0 Å². The number of ketones is 1. The van der Waals surface area contributed by atoms with Gasteiger partial charge in [0.15, 0.2) is 0 Å². The van der Waals surface area contributed by atoms with E-state index >= 15 is 0 Å². The van der Waals surface area contributed by atoms with Gasteiger partial charge in [0.25, 0.3) is 0 Å². The van der Waals surface area contributed by atoms with Crippen LogP contribution in [0.5, 0.6) is 0 Å². The summed E-state index contributed by atoms with van der Waals surface area (Å²) in [6, 6.07) is 29.1. The zero-order valence-corrected chi connectivity index (χ0v) is 15.2. The van der Waals surface area contributed by atoms with E-state index < -0.39 is 0 Å². The molecule has 0 fully saturated rings. The van der Waals surface area contributed by atoms with Crippen LogP contribution < -0.4 is 10.6 Å². The number of hydrogen-bond acceptors (Lipinski definition) is 4. The highest BCUT2D eigenvalue weighted by atomic mass is 16.1. The zero-order chi connectivity index (χ0) is 19.2. The summed E-state index contributed by atoms with van der Waals surface area (Å²) in [5, 5.41) is 6.62. The summed E-state index contributed by atoms with van der Waals surface area (Å²) in [6.07, 6.45) is 3.29. The van der Waals surface area contributed by atoms with Crippen molar-refractivity contribution in [1.82, 2.24) is 0 Å². The smallest absolute Gasteiger partial charge is 0.204 e. The Morgan fingerprint density at radius 3 is 1.64 bits per heavy atom. The molecule has 136 valence electrons. The Morgan fingerprint density at radius 2 is 1.07 bits per heavy atom. The molecular formula is C24H19N3O. The van der Waals surface area contributed by atoms with Crippen molar-refractivity contribution in [3.63, 3.8) is 0 Å². The highest BCUT2D eigenvalue weighted by molar-refractivity contribution is 6.24. The van der Waals surface area contributed by atoms with E-state index in [-0.39, 0.29) is 5.78 Å². The Labute approximate surface area is 164 Å². The molecule has 3 aromatic rings. The van der Waals surface area contributed by atoms with Crippen LogP contribution in [0.25, 0.3) is 0 Å². The third kappa shape index (κ3) is 4.07. The van der Waals surface area contributed by atoms with Crippen molar-refractivity contribution in [2.75, 3.05) is 10.6 Å². The van der Waals surface area contributed by atoms with Gasteiger partial charge in [0.1, 0.15) is 5.70 Å². The molecule has 4 nitrogen and oxygen atoms in total. The second-order valence-corrected chi connectivity index (χ2v) is 6.26. The van der Waals surface area contributed by atoms with Gasteiger partial charge in [0.05, 0.1) is 17.1 Å². The maximum absolute atomic E-state index is 12.7. The van der Waals surface area contributed by atoms with Crippen LogP contribution in [0.4, 0.5) is 17.1 Å². The van der Waals surface area contributed by atoms with Crippen LogP contribution in [0.2, 0.25) is 0 Å². The summed E-state index contributed by atoms with van der Waals surface area (Å²) >= 11 is 0. The molecule has 4 heteroatoms. The second-order valence-electron chi connectivity index (χ2n) is 6.26. The average Bonchev–Trinajstić information content (AvgIpc) is 2.75. The number of aliphatic imine (C=N–C) groups is 1. The minimum absolute atomic E-state index is 0.103.